The predicted octanol–water partition coefficient (Wildman–Crippen LogP) is 4.45. The smallest absolute Gasteiger partial charge is 0.0962 e. The van der Waals surface area contributed by atoms with Crippen molar-refractivity contribution in [2.75, 3.05) is 11.9 Å². The van der Waals surface area contributed by atoms with Crippen molar-refractivity contribution in [3.05, 3.63) is 63.6 Å². The number of aliphatic hydroxyl groups is 1. The highest BCUT2D eigenvalue weighted by atomic mass is 35.5. The zero-order valence-corrected chi connectivity index (χ0v) is 12.0. The number of hydrogen-bond donors (Lipinski definition) is 2. The van der Waals surface area contributed by atoms with E-state index >= 15 is 0 Å². The molecule has 0 saturated heterocycles. The maximum absolute atomic E-state index is 10.1. The summed E-state index contributed by atoms with van der Waals surface area (Å²) in [5.41, 5.74) is 2.73. The van der Waals surface area contributed by atoms with Gasteiger partial charge < -0.3 is 10.4 Å². The molecule has 19 heavy (non-hydrogen) atoms. The van der Waals surface area contributed by atoms with E-state index in [-0.39, 0.29) is 0 Å². The van der Waals surface area contributed by atoms with Crippen LogP contribution in [-0.4, -0.2) is 11.7 Å². The number of anilines is 1. The molecule has 4 heteroatoms. The summed E-state index contributed by atoms with van der Waals surface area (Å²) in [6.07, 6.45) is -0.604. The molecule has 2 aromatic rings. The SMILES string of the molecule is Cc1cccc(Cl)c1NCC(O)c1ccc(Cl)cc1. The summed E-state index contributed by atoms with van der Waals surface area (Å²) in [7, 11) is 0. The number of aliphatic hydroxyl groups excluding tert-OH is 1. The molecule has 0 saturated carbocycles. The predicted molar refractivity (Wildman–Crippen MR) is 81.1 cm³/mol. The van der Waals surface area contributed by atoms with Crippen LogP contribution >= 0.6 is 23.2 Å². The lowest BCUT2D eigenvalue weighted by Crippen LogP contribution is -2.13. The standard InChI is InChI=1S/C15H15Cl2NO/c1-10-3-2-4-13(17)15(10)18-9-14(19)11-5-7-12(16)8-6-11/h2-8,14,18-19H,9H2,1H3. The highest BCUT2D eigenvalue weighted by Crippen LogP contribution is 2.26. The topological polar surface area (TPSA) is 32.3 Å². The molecule has 0 heterocycles. The van der Waals surface area contributed by atoms with Crippen LogP contribution in [0.2, 0.25) is 10.0 Å². The second-order valence-electron chi connectivity index (χ2n) is 4.38. The third-order valence-electron chi connectivity index (χ3n) is 2.95. The Morgan fingerprint density at radius 3 is 2.42 bits per heavy atom. The summed E-state index contributed by atoms with van der Waals surface area (Å²) in [4.78, 5) is 0. The van der Waals surface area contributed by atoms with E-state index in [9.17, 15) is 5.11 Å². The van der Waals surface area contributed by atoms with Crippen LogP contribution in [0.3, 0.4) is 0 Å². The number of halogens is 2. The monoisotopic (exact) mass is 295 g/mol. The van der Waals surface area contributed by atoms with Gasteiger partial charge in [0.15, 0.2) is 0 Å². The molecule has 0 fully saturated rings. The van der Waals surface area contributed by atoms with Crippen molar-refractivity contribution in [1.29, 1.82) is 0 Å². The van der Waals surface area contributed by atoms with E-state index in [4.69, 9.17) is 23.2 Å². The molecule has 100 valence electrons. The molecule has 2 nitrogen and oxygen atoms in total. The van der Waals surface area contributed by atoms with Gasteiger partial charge >= 0.3 is 0 Å². The van der Waals surface area contributed by atoms with Gasteiger partial charge in [0.25, 0.3) is 0 Å². The van der Waals surface area contributed by atoms with Crippen molar-refractivity contribution in [2.45, 2.75) is 13.0 Å². The molecular formula is C15H15Cl2NO. The van der Waals surface area contributed by atoms with Crippen molar-refractivity contribution in [3.63, 3.8) is 0 Å². The van der Waals surface area contributed by atoms with Gasteiger partial charge in [0.2, 0.25) is 0 Å². The van der Waals surface area contributed by atoms with E-state index in [2.05, 4.69) is 5.32 Å². The largest absolute Gasteiger partial charge is 0.387 e. The Balaban J connectivity index is 2.04. The van der Waals surface area contributed by atoms with Gasteiger partial charge in [-0.05, 0) is 36.2 Å². The first-order chi connectivity index (χ1) is 9.08. The van der Waals surface area contributed by atoms with Crippen LogP contribution in [0.1, 0.15) is 17.2 Å². The molecule has 1 atom stereocenters. The molecule has 0 spiro atoms. The zero-order valence-electron chi connectivity index (χ0n) is 10.5. The number of aryl methyl sites for hydroxylation is 1. The minimum atomic E-state index is -0.604. The Kier molecular flexibility index (Phi) is 4.70. The molecule has 0 aliphatic heterocycles. The maximum atomic E-state index is 10.1. The first-order valence-corrected chi connectivity index (χ1v) is 6.76. The molecule has 0 amide bonds. The quantitative estimate of drug-likeness (QED) is 0.873. The van der Waals surface area contributed by atoms with E-state index in [1.165, 1.54) is 0 Å². The molecule has 1 unspecified atom stereocenters. The van der Waals surface area contributed by atoms with Crippen molar-refractivity contribution in [2.24, 2.45) is 0 Å². The van der Waals surface area contributed by atoms with E-state index in [1.807, 2.05) is 37.3 Å². The average Bonchev–Trinajstić information content (AvgIpc) is 2.38. The number of para-hydroxylation sites is 1. The summed E-state index contributed by atoms with van der Waals surface area (Å²) < 4.78 is 0. The molecular weight excluding hydrogens is 281 g/mol. The Bertz CT molecular complexity index is 534. The molecule has 0 aliphatic carbocycles. The van der Waals surface area contributed by atoms with Gasteiger partial charge in [-0.3, -0.25) is 0 Å². The first-order valence-electron chi connectivity index (χ1n) is 6.00. The van der Waals surface area contributed by atoms with E-state index in [1.54, 1.807) is 12.1 Å². The minimum Gasteiger partial charge on any atom is -0.387 e. The normalized spacial score (nSPS) is 12.2. The van der Waals surface area contributed by atoms with Gasteiger partial charge in [0.1, 0.15) is 0 Å². The Labute approximate surface area is 123 Å². The van der Waals surface area contributed by atoms with Crippen molar-refractivity contribution in [1.82, 2.24) is 0 Å². The zero-order chi connectivity index (χ0) is 13.8. The summed E-state index contributed by atoms with van der Waals surface area (Å²) >= 11 is 11.9. The first kappa shape index (κ1) is 14.2. The lowest BCUT2D eigenvalue weighted by Gasteiger charge is -2.15. The molecule has 0 bridgehead atoms. The Morgan fingerprint density at radius 1 is 1.11 bits per heavy atom. The van der Waals surface area contributed by atoms with E-state index in [0.29, 0.717) is 16.6 Å². The van der Waals surface area contributed by atoms with Crippen LogP contribution in [0.15, 0.2) is 42.5 Å². The van der Waals surface area contributed by atoms with Gasteiger partial charge in [0, 0.05) is 11.6 Å². The molecule has 0 aromatic heterocycles. The molecule has 2 aromatic carbocycles. The Morgan fingerprint density at radius 2 is 1.79 bits per heavy atom. The summed E-state index contributed by atoms with van der Waals surface area (Å²) in [5.74, 6) is 0. The van der Waals surface area contributed by atoms with Crippen LogP contribution in [0.4, 0.5) is 5.69 Å². The van der Waals surface area contributed by atoms with Crippen molar-refractivity contribution >= 4 is 28.9 Å². The molecule has 2 N–H and O–H groups in total. The Hall–Kier alpha value is -1.22. The van der Waals surface area contributed by atoms with Gasteiger partial charge in [-0.25, -0.2) is 0 Å². The molecule has 0 radical (unpaired) electrons. The van der Waals surface area contributed by atoms with Gasteiger partial charge in [-0.1, -0.05) is 47.5 Å². The van der Waals surface area contributed by atoms with Crippen molar-refractivity contribution in [3.8, 4) is 0 Å². The third kappa shape index (κ3) is 3.63. The lowest BCUT2D eigenvalue weighted by atomic mass is 10.1. The maximum Gasteiger partial charge on any atom is 0.0962 e. The van der Waals surface area contributed by atoms with Crippen LogP contribution < -0.4 is 5.32 Å². The highest BCUT2D eigenvalue weighted by molar-refractivity contribution is 6.33. The fourth-order valence-corrected chi connectivity index (χ4v) is 2.27. The summed E-state index contributed by atoms with van der Waals surface area (Å²) in [6.45, 7) is 2.37. The lowest BCUT2D eigenvalue weighted by molar-refractivity contribution is 0.191. The summed E-state index contributed by atoms with van der Waals surface area (Å²) in [6, 6.07) is 12.9. The second-order valence-corrected chi connectivity index (χ2v) is 5.22. The molecule has 2 rings (SSSR count). The van der Waals surface area contributed by atoms with E-state index < -0.39 is 6.10 Å². The number of hydrogen-bond acceptors (Lipinski definition) is 2. The van der Waals surface area contributed by atoms with E-state index in [0.717, 1.165) is 16.8 Å². The number of benzene rings is 2. The van der Waals surface area contributed by atoms with Crippen molar-refractivity contribution < 1.29 is 5.11 Å². The molecule has 0 aliphatic rings. The number of rotatable bonds is 4. The van der Waals surface area contributed by atoms with Gasteiger partial charge in [0.05, 0.1) is 16.8 Å². The van der Waals surface area contributed by atoms with Crippen LogP contribution in [0, 0.1) is 6.92 Å². The average molecular weight is 296 g/mol. The highest BCUT2D eigenvalue weighted by Gasteiger charge is 2.09. The number of nitrogens with one attached hydrogen (secondary N) is 1. The minimum absolute atomic E-state index is 0.395. The third-order valence-corrected chi connectivity index (χ3v) is 3.52. The second kappa shape index (κ2) is 6.29. The fourth-order valence-electron chi connectivity index (χ4n) is 1.86. The fraction of sp³-hybridized carbons (Fsp3) is 0.200. The van der Waals surface area contributed by atoms with Crippen LogP contribution in [0.5, 0.6) is 0 Å². The van der Waals surface area contributed by atoms with Crippen LogP contribution in [0.25, 0.3) is 0 Å². The van der Waals surface area contributed by atoms with Gasteiger partial charge in [-0.2, -0.15) is 0 Å². The van der Waals surface area contributed by atoms with Gasteiger partial charge in [-0.15, -0.1) is 0 Å². The summed E-state index contributed by atoms with van der Waals surface area (Å²) in [5, 5.41) is 14.6. The van der Waals surface area contributed by atoms with Crippen LogP contribution in [-0.2, 0) is 0 Å².